The van der Waals surface area contributed by atoms with E-state index >= 15 is 0 Å². The topological polar surface area (TPSA) is 56.9 Å². The summed E-state index contributed by atoms with van der Waals surface area (Å²) < 4.78 is 0. The van der Waals surface area contributed by atoms with E-state index in [-0.39, 0.29) is 5.75 Å². The minimum Gasteiger partial charge on any atom is -0.506 e. The van der Waals surface area contributed by atoms with Gasteiger partial charge in [0.15, 0.2) is 0 Å². The van der Waals surface area contributed by atoms with Crippen LogP contribution in [0.5, 0.6) is 5.75 Å². The van der Waals surface area contributed by atoms with Gasteiger partial charge in [-0.1, -0.05) is 18.2 Å². The van der Waals surface area contributed by atoms with E-state index in [9.17, 15) is 5.11 Å². The van der Waals surface area contributed by atoms with Gasteiger partial charge in [0.05, 0.1) is 11.6 Å². The van der Waals surface area contributed by atoms with Crippen molar-refractivity contribution in [2.75, 3.05) is 0 Å². The van der Waals surface area contributed by atoms with Gasteiger partial charge in [0.2, 0.25) is 0 Å². The molecule has 1 aromatic heterocycles. The second kappa shape index (κ2) is 4.95. The Balaban J connectivity index is 2.21. The molecule has 3 nitrogen and oxygen atoms in total. The molecule has 0 aliphatic heterocycles. The summed E-state index contributed by atoms with van der Waals surface area (Å²) in [5.41, 5.74) is 2.11. The van der Waals surface area contributed by atoms with E-state index in [2.05, 4.69) is 11.1 Å². The third kappa shape index (κ3) is 2.70. The number of nitriles is 1. The number of nitrogens with zero attached hydrogens (tertiary/aromatic N) is 2. The summed E-state index contributed by atoms with van der Waals surface area (Å²) in [6, 6.07) is 12.5. The molecule has 0 aliphatic carbocycles. The molecule has 0 atom stereocenters. The molecule has 0 unspecified atom stereocenters. The highest BCUT2D eigenvalue weighted by Crippen LogP contribution is 2.16. The highest BCUT2D eigenvalue weighted by molar-refractivity contribution is 5.70. The second-order valence-corrected chi connectivity index (χ2v) is 3.47. The fourth-order valence-electron chi connectivity index (χ4n) is 1.38. The highest BCUT2D eigenvalue weighted by Gasteiger charge is 1.95. The molecule has 2 aromatic rings. The highest BCUT2D eigenvalue weighted by atomic mass is 16.3. The number of aromatic nitrogens is 1. The zero-order chi connectivity index (χ0) is 12.1. The second-order valence-electron chi connectivity index (χ2n) is 3.47. The van der Waals surface area contributed by atoms with E-state index in [1.165, 1.54) is 0 Å². The molecule has 0 bridgehead atoms. The molecule has 0 spiro atoms. The first-order valence-corrected chi connectivity index (χ1v) is 5.12. The lowest BCUT2D eigenvalue weighted by Gasteiger charge is -1.96. The summed E-state index contributed by atoms with van der Waals surface area (Å²) in [7, 11) is 0. The zero-order valence-corrected chi connectivity index (χ0v) is 9.04. The maximum Gasteiger partial charge on any atom is 0.141 e. The molecule has 3 heteroatoms. The minimum absolute atomic E-state index is 0.150. The number of aromatic hydroxyl groups is 1. The fourth-order valence-corrected chi connectivity index (χ4v) is 1.38. The van der Waals surface area contributed by atoms with Crippen LogP contribution in [0.25, 0.3) is 12.2 Å². The first kappa shape index (κ1) is 10.9. The molecule has 0 amide bonds. The quantitative estimate of drug-likeness (QED) is 0.850. The smallest absolute Gasteiger partial charge is 0.141 e. The molecule has 0 radical (unpaired) electrons. The van der Waals surface area contributed by atoms with Gasteiger partial charge < -0.3 is 5.11 Å². The number of rotatable bonds is 2. The normalized spacial score (nSPS) is 10.3. The first-order valence-electron chi connectivity index (χ1n) is 5.12. The minimum atomic E-state index is 0.150. The zero-order valence-electron chi connectivity index (χ0n) is 9.04. The van der Waals surface area contributed by atoms with Crippen molar-refractivity contribution in [2.24, 2.45) is 0 Å². The van der Waals surface area contributed by atoms with E-state index in [1.54, 1.807) is 36.5 Å². The average Bonchev–Trinajstić information content (AvgIpc) is 2.38. The van der Waals surface area contributed by atoms with Crippen LogP contribution < -0.4 is 0 Å². The Kier molecular flexibility index (Phi) is 3.18. The summed E-state index contributed by atoms with van der Waals surface area (Å²) >= 11 is 0. The molecule has 0 fully saturated rings. The van der Waals surface area contributed by atoms with Crippen molar-refractivity contribution in [3.63, 3.8) is 0 Å². The number of pyridine rings is 1. The van der Waals surface area contributed by atoms with Gasteiger partial charge in [-0.05, 0) is 35.9 Å². The molecule has 82 valence electrons. The molecule has 17 heavy (non-hydrogen) atoms. The molecule has 0 saturated carbocycles. The standard InChI is InChI=1S/C14H10N2O/c15-10-12-5-3-11(4-6-12)7-8-13-14(17)2-1-9-16-13/h1-9,17H/b8-7+. The lowest BCUT2D eigenvalue weighted by molar-refractivity contribution is 0.471. The molecule has 2 rings (SSSR count). The third-order valence-corrected chi connectivity index (χ3v) is 2.29. The van der Waals surface area contributed by atoms with Gasteiger partial charge in [-0.15, -0.1) is 0 Å². The van der Waals surface area contributed by atoms with Gasteiger partial charge in [0, 0.05) is 6.20 Å². The fraction of sp³-hybridized carbons (Fsp3) is 0. The molecule has 0 saturated heterocycles. The summed E-state index contributed by atoms with van der Waals surface area (Å²) in [5, 5.41) is 18.2. The summed E-state index contributed by atoms with van der Waals surface area (Å²) in [4.78, 5) is 4.04. The molecular formula is C14H10N2O. The van der Waals surface area contributed by atoms with Crippen LogP contribution >= 0.6 is 0 Å². The third-order valence-electron chi connectivity index (χ3n) is 2.29. The van der Waals surface area contributed by atoms with Crippen LogP contribution in [0.4, 0.5) is 0 Å². The van der Waals surface area contributed by atoms with E-state index in [0.29, 0.717) is 11.3 Å². The van der Waals surface area contributed by atoms with Gasteiger partial charge >= 0.3 is 0 Å². The molecule has 0 aliphatic rings. The summed E-state index contributed by atoms with van der Waals surface area (Å²) in [5.74, 6) is 0.150. The van der Waals surface area contributed by atoms with Crippen molar-refractivity contribution in [3.05, 3.63) is 59.4 Å². The predicted molar refractivity (Wildman–Crippen MR) is 66.0 cm³/mol. The first-order chi connectivity index (χ1) is 8.29. The van der Waals surface area contributed by atoms with Crippen LogP contribution in [0.15, 0.2) is 42.6 Å². The van der Waals surface area contributed by atoms with Crippen LogP contribution in [0.3, 0.4) is 0 Å². The van der Waals surface area contributed by atoms with Gasteiger partial charge in [-0.3, -0.25) is 4.98 Å². The molecule has 1 aromatic carbocycles. The maximum absolute atomic E-state index is 9.51. The van der Waals surface area contributed by atoms with Crippen molar-refractivity contribution >= 4 is 12.2 Å². The van der Waals surface area contributed by atoms with Crippen LogP contribution in [-0.4, -0.2) is 10.1 Å². The van der Waals surface area contributed by atoms with E-state index in [4.69, 9.17) is 5.26 Å². The van der Waals surface area contributed by atoms with Crippen molar-refractivity contribution in [2.45, 2.75) is 0 Å². The Morgan fingerprint density at radius 1 is 1.12 bits per heavy atom. The van der Waals surface area contributed by atoms with E-state index in [1.807, 2.05) is 18.2 Å². The Hall–Kier alpha value is -2.60. The van der Waals surface area contributed by atoms with Crippen LogP contribution in [0.1, 0.15) is 16.8 Å². The summed E-state index contributed by atoms with van der Waals surface area (Å²) in [6.45, 7) is 0. The van der Waals surface area contributed by atoms with Crippen LogP contribution in [-0.2, 0) is 0 Å². The summed E-state index contributed by atoms with van der Waals surface area (Å²) in [6.07, 6.45) is 5.19. The largest absolute Gasteiger partial charge is 0.506 e. The van der Waals surface area contributed by atoms with Crippen molar-refractivity contribution in [1.29, 1.82) is 5.26 Å². The Morgan fingerprint density at radius 2 is 1.88 bits per heavy atom. The van der Waals surface area contributed by atoms with Crippen molar-refractivity contribution in [1.82, 2.24) is 4.98 Å². The van der Waals surface area contributed by atoms with Gasteiger partial charge in [0.25, 0.3) is 0 Å². The van der Waals surface area contributed by atoms with Crippen molar-refractivity contribution in [3.8, 4) is 11.8 Å². The number of hydrogen-bond acceptors (Lipinski definition) is 3. The average molecular weight is 222 g/mol. The SMILES string of the molecule is N#Cc1ccc(/C=C/c2ncccc2O)cc1. The van der Waals surface area contributed by atoms with E-state index in [0.717, 1.165) is 5.56 Å². The Morgan fingerprint density at radius 3 is 2.53 bits per heavy atom. The van der Waals surface area contributed by atoms with Crippen LogP contribution in [0, 0.1) is 11.3 Å². The van der Waals surface area contributed by atoms with Gasteiger partial charge in [-0.25, -0.2) is 0 Å². The predicted octanol–water partition coefficient (Wildman–Crippen LogP) is 2.83. The lowest BCUT2D eigenvalue weighted by atomic mass is 10.1. The lowest BCUT2D eigenvalue weighted by Crippen LogP contribution is -1.80. The number of hydrogen-bond donors (Lipinski definition) is 1. The Bertz CT molecular complexity index is 580. The van der Waals surface area contributed by atoms with Gasteiger partial charge in [-0.2, -0.15) is 5.26 Å². The number of benzene rings is 1. The van der Waals surface area contributed by atoms with Gasteiger partial charge in [0.1, 0.15) is 11.4 Å². The van der Waals surface area contributed by atoms with Crippen molar-refractivity contribution < 1.29 is 5.11 Å². The van der Waals surface area contributed by atoms with E-state index < -0.39 is 0 Å². The maximum atomic E-state index is 9.51. The van der Waals surface area contributed by atoms with Crippen LogP contribution in [0.2, 0.25) is 0 Å². The molecule has 1 heterocycles. The Labute approximate surface area is 99.3 Å². The molecular weight excluding hydrogens is 212 g/mol. The molecule has 1 N–H and O–H groups in total. The monoisotopic (exact) mass is 222 g/mol.